The summed E-state index contributed by atoms with van der Waals surface area (Å²) in [6.45, 7) is 7.34. The van der Waals surface area contributed by atoms with Crippen LogP contribution in [0.15, 0.2) is 4.99 Å². The lowest BCUT2D eigenvalue weighted by molar-refractivity contribution is 0.0242. The lowest BCUT2D eigenvalue weighted by Crippen LogP contribution is -2.47. The molecule has 5 nitrogen and oxygen atoms in total. The third-order valence-electron chi connectivity index (χ3n) is 4.55. The van der Waals surface area contributed by atoms with Crippen LogP contribution in [0.4, 0.5) is 0 Å². The summed E-state index contributed by atoms with van der Waals surface area (Å²) in [4.78, 5) is 6.71. The van der Waals surface area contributed by atoms with E-state index in [1.807, 2.05) is 7.05 Å². The van der Waals surface area contributed by atoms with Gasteiger partial charge in [0.2, 0.25) is 0 Å². The highest BCUT2D eigenvalue weighted by Gasteiger charge is 2.29. The van der Waals surface area contributed by atoms with E-state index in [1.54, 1.807) is 0 Å². The number of piperidine rings is 1. The Hall–Kier alpha value is -0.810. The van der Waals surface area contributed by atoms with Crippen LogP contribution in [0.25, 0.3) is 0 Å². The molecule has 0 amide bonds. The van der Waals surface area contributed by atoms with E-state index in [9.17, 15) is 0 Å². The standard InChI is InChI=1S/C15H30N4O/c1-15(7-4-10-20-15)12-18-14(16-2)17-11-13-5-8-19(3)9-6-13/h13H,4-12H2,1-3H3,(H2,16,17,18). The highest BCUT2D eigenvalue weighted by Crippen LogP contribution is 2.23. The molecule has 0 aromatic rings. The van der Waals surface area contributed by atoms with Crippen LogP contribution in [-0.2, 0) is 4.74 Å². The van der Waals surface area contributed by atoms with Crippen molar-refractivity contribution in [2.75, 3.05) is 46.9 Å². The predicted molar refractivity (Wildman–Crippen MR) is 83.2 cm³/mol. The molecule has 0 radical (unpaired) electrons. The highest BCUT2D eigenvalue weighted by molar-refractivity contribution is 5.79. The quantitative estimate of drug-likeness (QED) is 0.598. The van der Waals surface area contributed by atoms with E-state index >= 15 is 0 Å². The average Bonchev–Trinajstić information content (AvgIpc) is 2.88. The van der Waals surface area contributed by atoms with Crippen LogP contribution < -0.4 is 10.6 Å². The molecule has 2 aliphatic rings. The van der Waals surface area contributed by atoms with Crippen LogP contribution in [0.1, 0.15) is 32.6 Å². The number of rotatable bonds is 4. The van der Waals surface area contributed by atoms with Gasteiger partial charge in [0, 0.05) is 26.7 Å². The van der Waals surface area contributed by atoms with Crippen LogP contribution in [0, 0.1) is 5.92 Å². The van der Waals surface area contributed by atoms with E-state index in [2.05, 4.69) is 34.5 Å². The van der Waals surface area contributed by atoms with E-state index in [-0.39, 0.29) is 5.60 Å². The molecule has 1 unspecified atom stereocenters. The maximum atomic E-state index is 5.79. The van der Waals surface area contributed by atoms with Gasteiger partial charge in [-0.2, -0.15) is 0 Å². The molecule has 5 heteroatoms. The first-order chi connectivity index (χ1) is 9.61. The van der Waals surface area contributed by atoms with Crippen molar-refractivity contribution in [1.82, 2.24) is 15.5 Å². The number of likely N-dealkylation sites (tertiary alicyclic amines) is 1. The molecular formula is C15H30N4O. The zero-order chi connectivity index (χ0) is 14.4. The zero-order valence-electron chi connectivity index (χ0n) is 13.2. The second-order valence-electron chi connectivity index (χ2n) is 6.46. The summed E-state index contributed by atoms with van der Waals surface area (Å²) >= 11 is 0. The summed E-state index contributed by atoms with van der Waals surface area (Å²) in [5, 5.41) is 6.86. The third-order valence-corrected chi connectivity index (χ3v) is 4.55. The van der Waals surface area contributed by atoms with E-state index < -0.39 is 0 Å². The number of ether oxygens (including phenoxy) is 1. The minimum Gasteiger partial charge on any atom is -0.373 e. The van der Waals surface area contributed by atoms with E-state index in [4.69, 9.17) is 4.74 Å². The van der Waals surface area contributed by atoms with Gasteiger partial charge in [0.25, 0.3) is 0 Å². The number of nitrogens with one attached hydrogen (secondary N) is 2. The van der Waals surface area contributed by atoms with Crippen molar-refractivity contribution in [3.05, 3.63) is 0 Å². The summed E-state index contributed by atoms with van der Waals surface area (Å²) in [5.74, 6) is 1.67. The molecule has 0 aliphatic carbocycles. The molecule has 0 saturated carbocycles. The summed E-state index contributed by atoms with van der Waals surface area (Å²) in [6, 6.07) is 0. The maximum Gasteiger partial charge on any atom is 0.191 e. The van der Waals surface area contributed by atoms with E-state index in [0.717, 1.165) is 38.0 Å². The molecule has 116 valence electrons. The van der Waals surface area contributed by atoms with Crippen molar-refractivity contribution in [2.45, 2.75) is 38.2 Å². The average molecular weight is 282 g/mol. The van der Waals surface area contributed by atoms with Crippen molar-refractivity contribution in [1.29, 1.82) is 0 Å². The molecule has 1 atom stereocenters. The summed E-state index contributed by atoms with van der Waals surface area (Å²) in [5.41, 5.74) is -0.0226. The molecule has 0 aromatic carbocycles. The summed E-state index contributed by atoms with van der Waals surface area (Å²) in [7, 11) is 4.04. The first kappa shape index (κ1) is 15.6. The minimum absolute atomic E-state index is 0.0226. The monoisotopic (exact) mass is 282 g/mol. The van der Waals surface area contributed by atoms with Gasteiger partial charge in [-0.1, -0.05) is 0 Å². The Balaban J connectivity index is 1.67. The molecule has 0 bridgehead atoms. The third kappa shape index (κ3) is 4.63. The number of guanidine groups is 1. The lowest BCUT2D eigenvalue weighted by atomic mass is 9.97. The molecule has 2 N–H and O–H groups in total. The predicted octanol–water partition coefficient (Wildman–Crippen LogP) is 1.06. The Labute approximate surface area is 123 Å². The summed E-state index contributed by atoms with van der Waals surface area (Å²) in [6.07, 6.45) is 4.86. The van der Waals surface area contributed by atoms with Gasteiger partial charge in [-0.15, -0.1) is 0 Å². The SMILES string of the molecule is CN=C(NCC1CCN(C)CC1)NCC1(C)CCCO1. The van der Waals surface area contributed by atoms with Crippen molar-refractivity contribution in [3.63, 3.8) is 0 Å². The van der Waals surface area contributed by atoms with Crippen molar-refractivity contribution < 1.29 is 4.74 Å². The lowest BCUT2D eigenvalue weighted by Gasteiger charge is -2.30. The topological polar surface area (TPSA) is 48.9 Å². The molecule has 0 spiro atoms. The van der Waals surface area contributed by atoms with Crippen LogP contribution in [0.5, 0.6) is 0 Å². The number of hydrogen-bond donors (Lipinski definition) is 2. The first-order valence-electron chi connectivity index (χ1n) is 7.88. The van der Waals surface area contributed by atoms with E-state index in [0.29, 0.717) is 0 Å². The maximum absolute atomic E-state index is 5.79. The number of nitrogens with zero attached hydrogens (tertiary/aromatic N) is 2. The van der Waals surface area contributed by atoms with Gasteiger partial charge >= 0.3 is 0 Å². The van der Waals surface area contributed by atoms with Crippen molar-refractivity contribution in [2.24, 2.45) is 10.9 Å². The van der Waals surface area contributed by atoms with Crippen LogP contribution >= 0.6 is 0 Å². The second kappa shape index (κ2) is 7.27. The molecule has 2 fully saturated rings. The Kier molecular flexibility index (Phi) is 5.66. The fourth-order valence-electron chi connectivity index (χ4n) is 2.97. The molecule has 20 heavy (non-hydrogen) atoms. The van der Waals surface area contributed by atoms with Crippen LogP contribution in [0.3, 0.4) is 0 Å². The smallest absolute Gasteiger partial charge is 0.191 e. The van der Waals surface area contributed by atoms with E-state index in [1.165, 1.54) is 32.4 Å². The van der Waals surface area contributed by atoms with Gasteiger partial charge in [0.05, 0.1) is 5.60 Å². The van der Waals surface area contributed by atoms with Gasteiger partial charge in [-0.3, -0.25) is 4.99 Å². The zero-order valence-corrected chi connectivity index (χ0v) is 13.2. The van der Waals surface area contributed by atoms with Gasteiger partial charge in [0.1, 0.15) is 0 Å². The van der Waals surface area contributed by atoms with Crippen molar-refractivity contribution >= 4 is 5.96 Å². The van der Waals surface area contributed by atoms with Crippen LogP contribution in [0.2, 0.25) is 0 Å². The normalized spacial score (nSPS) is 29.6. The first-order valence-corrected chi connectivity index (χ1v) is 7.88. The molecular weight excluding hydrogens is 252 g/mol. The molecule has 2 saturated heterocycles. The molecule has 2 rings (SSSR count). The van der Waals surface area contributed by atoms with Gasteiger partial charge in [-0.05, 0) is 58.7 Å². The minimum atomic E-state index is -0.0226. The molecule has 0 aromatic heterocycles. The highest BCUT2D eigenvalue weighted by atomic mass is 16.5. The van der Waals surface area contributed by atoms with Gasteiger partial charge < -0.3 is 20.3 Å². The van der Waals surface area contributed by atoms with Gasteiger partial charge in [-0.25, -0.2) is 0 Å². The fourth-order valence-corrected chi connectivity index (χ4v) is 2.97. The second-order valence-corrected chi connectivity index (χ2v) is 6.46. The Morgan fingerprint density at radius 3 is 2.70 bits per heavy atom. The van der Waals surface area contributed by atoms with Crippen molar-refractivity contribution in [3.8, 4) is 0 Å². The number of hydrogen-bond acceptors (Lipinski definition) is 3. The summed E-state index contributed by atoms with van der Waals surface area (Å²) < 4.78 is 5.79. The Morgan fingerprint density at radius 2 is 2.10 bits per heavy atom. The van der Waals surface area contributed by atoms with Crippen LogP contribution in [-0.4, -0.2) is 63.3 Å². The Morgan fingerprint density at radius 1 is 1.35 bits per heavy atom. The fraction of sp³-hybridized carbons (Fsp3) is 0.933. The molecule has 2 heterocycles. The van der Waals surface area contributed by atoms with Gasteiger partial charge in [0.15, 0.2) is 5.96 Å². The molecule has 2 aliphatic heterocycles. The largest absolute Gasteiger partial charge is 0.373 e. The Bertz CT molecular complexity index is 318. The number of aliphatic imine (C=N–C) groups is 1.